The predicted molar refractivity (Wildman–Crippen MR) is 80.1 cm³/mol. The van der Waals surface area contributed by atoms with Crippen molar-refractivity contribution in [3.05, 3.63) is 27.7 Å². The van der Waals surface area contributed by atoms with Gasteiger partial charge in [-0.15, -0.1) is 0 Å². The zero-order valence-corrected chi connectivity index (χ0v) is 13.1. The summed E-state index contributed by atoms with van der Waals surface area (Å²) < 4.78 is 43.4. The molecule has 1 aliphatic carbocycles. The summed E-state index contributed by atoms with van der Waals surface area (Å²) in [5.74, 6) is 0. The van der Waals surface area contributed by atoms with Gasteiger partial charge in [-0.3, -0.25) is 4.79 Å². The number of carbonyl (C=O) groups excluding carboxylic acids is 1. The number of likely N-dealkylation sites (tertiary alicyclic amines) is 1. The van der Waals surface area contributed by atoms with E-state index in [1.807, 2.05) is 0 Å². The van der Waals surface area contributed by atoms with Crippen LogP contribution in [-0.2, 0) is 17.6 Å². The lowest BCUT2D eigenvalue weighted by Gasteiger charge is -2.48. The van der Waals surface area contributed by atoms with Crippen molar-refractivity contribution in [1.82, 2.24) is 9.88 Å². The van der Waals surface area contributed by atoms with Gasteiger partial charge in [-0.1, -0.05) is 0 Å². The van der Waals surface area contributed by atoms with E-state index in [2.05, 4.69) is 15.0 Å². The fraction of sp³-hybridized carbons (Fsp3) is 0.600. The van der Waals surface area contributed by atoms with Crippen molar-refractivity contribution in [2.24, 2.45) is 0 Å². The lowest BCUT2D eigenvalue weighted by molar-refractivity contribution is -0.303. The second-order valence-electron chi connectivity index (χ2n) is 6.21. The number of carbonyl (C=O) groups is 1. The van der Waals surface area contributed by atoms with Gasteiger partial charge in [-0.25, -0.2) is 4.79 Å². The van der Waals surface area contributed by atoms with E-state index in [0.29, 0.717) is 0 Å². The molecule has 0 aromatic carbocycles. The van der Waals surface area contributed by atoms with Gasteiger partial charge in [0, 0.05) is 12.8 Å². The van der Waals surface area contributed by atoms with Crippen LogP contribution in [0.5, 0.6) is 0 Å². The van der Waals surface area contributed by atoms with Crippen molar-refractivity contribution in [3.63, 3.8) is 0 Å². The molecule has 1 saturated heterocycles. The first-order valence-electron chi connectivity index (χ1n) is 7.69. The first-order valence-corrected chi connectivity index (χ1v) is 7.69. The quantitative estimate of drug-likeness (QED) is 0.861. The van der Waals surface area contributed by atoms with Gasteiger partial charge in [0.15, 0.2) is 5.60 Å². The van der Waals surface area contributed by atoms with Gasteiger partial charge in [-0.2, -0.15) is 13.2 Å². The number of rotatable bonds is 2. The highest BCUT2D eigenvalue weighted by atomic mass is 19.4. The SMILES string of the molecule is COC1(C(F)(F)F)CN(C(=O)Nc2cc3c([nH]c2=O)CCCC3)C1. The van der Waals surface area contributed by atoms with Crippen LogP contribution in [0.4, 0.5) is 23.7 Å². The van der Waals surface area contributed by atoms with Gasteiger partial charge in [0.2, 0.25) is 0 Å². The maximum absolute atomic E-state index is 12.9. The van der Waals surface area contributed by atoms with Crippen LogP contribution < -0.4 is 10.9 Å². The zero-order chi connectivity index (χ0) is 17.5. The van der Waals surface area contributed by atoms with Crippen molar-refractivity contribution >= 4 is 11.7 Å². The van der Waals surface area contributed by atoms with Crippen molar-refractivity contribution in [2.75, 3.05) is 25.5 Å². The molecule has 2 aliphatic rings. The first kappa shape index (κ1) is 16.8. The molecule has 0 spiro atoms. The highest BCUT2D eigenvalue weighted by molar-refractivity contribution is 5.90. The number of halogens is 3. The third-order valence-corrected chi connectivity index (χ3v) is 4.67. The van der Waals surface area contributed by atoms with Crippen LogP contribution in [-0.4, -0.2) is 47.9 Å². The van der Waals surface area contributed by atoms with Crippen molar-refractivity contribution in [2.45, 2.75) is 37.5 Å². The summed E-state index contributed by atoms with van der Waals surface area (Å²) in [5, 5.41) is 2.40. The van der Waals surface area contributed by atoms with E-state index in [4.69, 9.17) is 0 Å². The molecule has 2 amide bonds. The molecule has 1 fully saturated rings. The molecule has 24 heavy (non-hydrogen) atoms. The topological polar surface area (TPSA) is 74.4 Å². The molecule has 0 radical (unpaired) electrons. The number of pyridine rings is 1. The number of alkyl halides is 3. The normalized spacial score (nSPS) is 19.4. The third kappa shape index (κ3) is 2.77. The number of nitrogens with zero attached hydrogens (tertiary/aromatic N) is 1. The molecule has 6 nitrogen and oxygen atoms in total. The Labute approximate surface area is 136 Å². The van der Waals surface area contributed by atoms with Gasteiger partial charge in [0.1, 0.15) is 5.69 Å². The Morgan fingerprint density at radius 3 is 2.62 bits per heavy atom. The first-order chi connectivity index (χ1) is 11.3. The molecule has 2 heterocycles. The number of anilines is 1. The van der Waals surface area contributed by atoms with Crippen molar-refractivity contribution in [1.29, 1.82) is 0 Å². The molecular weight excluding hydrogens is 327 g/mol. The van der Waals surface area contributed by atoms with Crippen molar-refractivity contribution in [3.8, 4) is 0 Å². The lowest BCUT2D eigenvalue weighted by Crippen LogP contribution is -2.71. The molecule has 1 aromatic rings. The van der Waals surface area contributed by atoms with E-state index in [0.717, 1.165) is 49.0 Å². The van der Waals surface area contributed by atoms with E-state index < -0.39 is 36.5 Å². The zero-order valence-electron chi connectivity index (χ0n) is 13.1. The van der Waals surface area contributed by atoms with E-state index in [-0.39, 0.29) is 5.69 Å². The maximum Gasteiger partial charge on any atom is 0.420 e. The van der Waals surface area contributed by atoms with Gasteiger partial charge in [0.05, 0.1) is 13.1 Å². The van der Waals surface area contributed by atoms with Crippen LogP contribution in [0.1, 0.15) is 24.1 Å². The minimum Gasteiger partial charge on any atom is -0.365 e. The number of aryl methyl sites for hydroxylation is 2. The average Bonchev–Trinajstić information content (AvgIpc) is 2.46. The van der Waals surface area contributed by atoms with Crippen LogP contribution in [0.25, 0.3) is 0 Å². The summed E-state index contributed by atoms with van der Waals surface area (Å²) in [7, 11) is 0.969. The molecule has 1 aliphatic heterocycles. The number of urea groups is 1. The fourth-order valence-electron chi connectivity index (χ4n) is 3.10. The number of hydrogen-bond donors (Lipinski definition) is 2. The molecule has 0 unspecified atom stereocenters. The number of nitrogens with one attached hydrogen (secondary N) is 2. The standard InChI is InChI=1S/C15H18F3N3O3/c1-24-14(15(16,17)18)7-21(8-14)13(23)20-11-6-9-4-2-3-5-10(9)19-12(11)22/h6H,2-5,7-8H2,1H3,(H,19,22)(H,20,23). The molecule has 0 saturated carbocycles. The minimum absolute atomic E-state index is 0.0579. The Bertz CT molecular complexity index is 708. The summed E-state index contributed by atoms with van der Waals surface area (Å²) in [6, 6.07) is 0.867. The van der Waals surface area contributed by atoms with E-state index in [1.54, 1.807) is 6.07 Å². The number of fused-ring (bicyclic) bond motifs is 1. The summed E-state index contributed by atoms with van der Waals surface area (Å²) in [4.78, 5) is 27.8. The molecule has 9 heteroatoms. The molecule has 0 atom stereocenters. The number of aromatic amines is 1. The fourth-order valence-corrected chi connectivity index (χ4v) is 3.10. The number of ether oxygens (including phenoxy) is 1. The summed E-state index contributed by atoms with van der Waals surface area (Å²) in [6.07, 6.45) is -0.965. The van der Waals surface area contributed by atoms with Gasteiger partial charge in [-0.05, 0) is 37.3 Å². The van der Waals surface area contributed by atoms with E-state index >= 15 is 0 Å². The largest absolute Gasteiger partial charge is 0.420 e. The summed E-state index contributed by atoms with van der Waals surface area (Å²) >= 11 is 0. The monoisotopic (exact) mass is 345 g/mol. The number of aromatic nitrogens is 1. The lowest BCUT2D eigenvalue weighted by atomic mass is 9.93. The molecule has 3 rings (SSSR count). The smallest absolute Gasteiger partial charge is 0.365 e. The van der Waals surface area contributed by atoms with Crippen LogP contribution in [0, 0.1) is 0 Å². The van der Waals surface area contributed by atoms with E-state index in [1.165, 1.54) is 0 Å². The van der Waals surface area contributed by atoms with Crippen LogP contribution >= 0.6 is 0 Å². The highest BCUT2D eigenvalue weighted by Gasteiger charge is 2.63. The second-order valence-corrected chi connectivity index (χ2v) is 6.21. The third-order valence-electron chi connectivity index (χ3n) is 4.67. The van der Waals surface area contributed by atoms with Gasteiger partial charge >= 0.3 is 12.2 Å². The number of H-pyrrole nitrogens is 1. The molecule has 2 N–H and O–H groups in total. The maximum atomic E-state index is 12.9. The molecule has 132 valence electrons. The Balaban J connectivity index is 1.70. The predicted octanol–water partition coefficient (Wildman–Crippen LogP) is 2.05. The van der Waals surface area contributed by atoms with E-state index in [9.17, 15) is 22.8 Å². The Hall–Kier alpha value is -2.03. The second kappa shape index (κ2) is 5.80. The van der Waals surface area contributed by atoms with Crippen LogP contribution in [0.3, 0.4) is 0 Å². The van der Waals surface area contributed by atoms with Crippen molar-refractivity contribution < 1.29 is 22.7 Å². The highest BCUT2D eigenvalue weighted by Crippen LogP contribution is 2.40. The Morgan fingerprint density at radius 2 is 2.00 bits per heavy atom. The van der Waals surface area contributed by atoms with Gasteiger partial charge < -0.3 is 19.9 Å². The number of methoxy groups -OCH3 is 1. The Kier molecular flexibility index (Phi) is 4.06. The number of hydrogen-bond acceptors (Lipinski definition) is 3. The Morgan fingerprint density at radius 1 is 1.33 bits per heavy atom. The average molecular weight is 345 g/mol. The minimum atomic E-state index is -4.55. The summed E-state index contributed by atoms with van der Waals surface area (Å²) in [5.41, 5.74) is -0.891. The van der Waals surface area contributed by atoms with Gasteiger partial charge in [0.25, 0.3) is 5.56 Å². The molecule has 0 bridgehead atoms. The number of amides is 2. The summed E-state index contributed by atoms with van der Waals surface area (Å²) in [6.45, 7) is -1.19. The van der Waals surface area contributed by atoms with Crippen LogP contribution in [0.2, 0.25) is 0 Å². The van der Waals surface area contributed by atoms with Crippen LogP contribution in [0.15, 0.2) is 10.9 Å². The molecule has 1 aromatic heterocycles. The molecular formula is C15H18F3N3O3.